The summed E-state index contributed by atoms with van der Waals surface area (Å²) in [7, 11) is 0. The Kier molecular flexibility index (Phi) is 3.61. The van der Waals surface area contributed by atoms with Gasteiger partial charge in [0.15, 0.2) is 6.79 Å². The second kappa shape index (κ2) is 4.97. The molecule has 1 atom stereocenters. The van der Waals surface area contributed by atoms with Crippen LogP contribution in [0.15, 0.2) is 16.6 Å². The first-order valence-electron chi connectivity index (χ1n) is 5.19. The number of hydrogen-bond donors (Lipinski definition) is 0. The summed E-state index contributed by atoms with van der Waals surface area (Å²) in [6.45, 7) is 2.88. The molecule has 0 saturated carbocycles. The van der Waals surface area contributed by atoms with Gasteiger partial charge >= 0.3 is 0 Å². The normalized spacial score (nSPS) is 16.1. The van der Waals surface area contributed by atoms with Gasteiger partial charge in [0.05, 0.1) is 6.61 Å². The van der Waals surface area contributed by atoms with Gasteiger partial charge in [-0.05, 0) is 23.6 Å². The molecule has 0 saturated heterocycles. The van der Waals surface area contributed by atoms with E-state index < -0.39 is 0 Å². The fraction of sp³-hybridized carbons (Fsp3) is 0.417. The third-order valence-electron chi connectivity index (χ3n) is 2.75. The maximum Gasteiger partial charge on any atom is 0.189 e. The number of ether oxygens (including phenoxy) is 2. The van der Waals surface area contributed by atoms with Crippen molar-refractivity contribution in [3.8, 4) is 5.75 Å². The molecular weight excluding hydrogens is 272 g/mol. The Morgan fingerprint density at radius 1 is 1.56 bits per heavy atom. The molecule has 2 rings (SSSR count). The Hall–Kier alpha value is -0.870. The van der Waals surface area contributed by atoms with E-state index in [9.17, 15) is 4.79 Å². The molecule has 0 aliphatic carbocycles. The summed E-state index contributed by atoms with van der Waals surface area (Å²) < 4.78 is 11.7. The first-order chi connectivity index (χ1) is 7.74. The molecule has 1 aliphatic heterocycles. The molecule has 0 amide bonds. The van der Waals surface area contributed by atoms with Crippen molar-refractivity contribution in [1.29, 1.82) is 0 Å². The number of hydrogen-bond acceptors (Lipinski definition) is 3. The van der Waals surface area contributed by atoms with E-state index in [-0.39, 0.29) is 5.92 Å². The highest BCUT2D eigenvalue weighted by Gasteiger charge is 2.20. The van der Waals surface area contributed by atoms with Gasteiger partial charge in [0.25, 0.3) is 0 Å². The average molecular weight is 285 g/mol. The molecule has 1 aromatic carbocycles. The van der Waals surface area contributed by atoms with Gasteiger partial charge in [0.2, 0.25) is 0 Å². The van der Waals surface area contributed by atoms with Crippen LogP contribution in [0.2, 0.25) is 0 Å². The fourth-order valence-corrected chi connectivity index (χ4v) is 2.71. The quantitative estimate of drug-likeness (QED) is 0.801. The van der Waals surface area contributed by atoms with Gasteiger partial charge < -0.3 is 14.3 Å². The molecule has 0 aromatic heterocycles. The van der Waals surface area contributed by atoms with Crippen LogP contribution in [-0.4, -0.2) is 13.1 Å². The van der Waals surface area contributed by atoms with Crippen molar-refractivity contribution in [1.82, 2.24) is 0 Å². The second-order valence-corrected chi connectivity index (χ2v) is 4.71. The maximum absolute atomic E-state index is 10.6. The van der Waals surface area contributed by atoms with Crippen LogP contribution >= 0.6 is 15.9 Å². The van der Waals surface area contributed by atoms with Crippen molar-refractivity contribution in [2.45, 2.75) is 25.9 Å². The number of halogens is 1. The molecule has 0 spiro atoms. The van der Waals surface area contributed by atoms with Crippen LogP contribution in [0.3, 0.4) is 0 Å². The van der Waals surface area contributed by atoms with Crippen LogP contribution in [0.1, 0.15) is 30.4 Å². The lowest BCUT2D eigenvalue weighted by atomic mass is 9.93. The van der Waals surface area contributed by atoms with Crippen molar-refractivity contribution in [3.63, 3.8) is 0 Å². The van der Waals surface area contributed by atoms with Crippen LogP contribution < -0.4 is 4.74 Å². The lowest BCUT2D eigenvalue weighted by Crippen LogP contribution is -2.14. The largest absolute Gasteiger partial charge is 0.467 e. The molecule has 16 heavy (non-hydrogen) atoms. The van der Waals surface area contributed by atoms with Gasteiger partial charge in [-0.25, -0.2) is 0 Å². The van der Waals surface area contributed by atoms with Gasteiger partial charge in [-0.1, -0.05) is 22.9 Å². The number of benzene rings is 1. The van der Waals surface area contributed by atoms with Crippen molar-refractivity contribution < 1.29 is 14.3 Å². The first kappa shape index (κ1) is 11.6. The number of fused-ring (bicyclic) bond motifs is 1. The highest BCUT2D eigenvalue weighted by molar-refractivity contribution is 9.10. The Balaban J connectivity index is 2.44. The fourth-order valence-electron chi connectivity index (χ4n) is 1.94. The molecule has 0 fully saturated rings. The molecule has 1 aromatic rings. The van der Waals surface area contributed by atoms with Crippen LogP contribution in [0.4, 0.5) is 0 Å². The van der Waals surface area contributed by atoms with Crippen LogP contribution in [-0.2, 0) is 16.1 Å². The molecule has 3 nitrogen and oxygen atoms in total. The van der Waals surface area contributed by atoms with Crippen LogP contribution in [0.25, 0.3) is 0 Å². The second-order valence-electron chi connectivity index (χ2n) is 3.85. The van der Waals surface area contributed by atoms with Crippen LogP contribution in [0, 0.1) is 0 Å². The molecule has 0 bridgehead atoms. The Bertz CT molecular complexity index is 403. The predicted molar refractivity (Wildman–Crippen MR) is 63.5 cm³/mol. The SMILES string of the molecule is CC(CC=O)c1c(Br)ccc2c1COCO2. The van der Waals surface area contributed by atoms with E-state index in [1.807, 2.05) is 19.1 Å². The average Bonchev–Trinajstić information content (AvgIpc) is 2.29. The maximum atomic E-state index is 10.6. The van der Waals surface area contributed by atoms with Gasteiger partial charge in [-0.2, -0.15) is 0 Å². The number of carbonyl (C=O) groups is 1. The smallest absolute Gasteiger partial charge is 0.189 e. The Morgan fingerprint density at radius 2 is 2.38 bits per heavy atom. The van der Waals surface area contributed by atoms with E-state index in [0.29, 0.717) is 19.8 Å². The van der Waals surface area contributed by atoms with E-state index >= 15 is 0 Å². The summed E-state index contributed by atoms with van der Waals surface area (Å²) in [6.07, 6.45) is 1.45. The van der Waals surface area contributed by atoms with Crippen molar-refractivity contribution in [3.05, 3.63) is 27.7 Å². The van der Waals surface area contributed by atoms with Crippen LogP contribution in [0.5, 0.6) is 5.75 Å². The third kappa shape index (κ3) is 2.13. The Labute approximate surface area is 103 Å². The number of aldehydes is 1. The summed E-state index contributed by atoms with van der Waals surface area (Å²) >= 11 is 3.52. The van der Waals surface area contributed by atoms with Gasteiger partial charge in [-0.3, -0.25) is 0 Å². The van der Waals surface area contributed by atoms with E-state index in [1.54, 1.807) is 0 Å². The zero-order valence-electron chi connectivity index (χ0n) is 9.03. The lowest BCUT2D eigenvalue weighted by Gasteiger charge is -2.23. The molecule has 1 aliphatic rings. The molecule has 1 heterocycles. The van der Waals surface area contributed by atoms with E-state index in [1.165, 1.54) is 0 Å². The molecular formula is C12H13BrO3. The monoisotopic (exact) mass is 284 g/mol. The number of carbonyl (C=O) groups excluding carboxylic acids is 1. The van der Waals surface area contributed by atoms with Gasteiger partial charge in [0, 0.05) is 16.5 Å². The summed E-state index contributed by atoms with van der Waals surface area (Å²) in [5.74, 6) is 1.04. The topological polar surface area (TPSA) is 35.5 Å². The summed E-state index contributed by atoms with van der Waals surface area (Å²) in [4.78, 5) is 10.6. The van der Waals surface area contributed by atoms with Crippen molar-refractivity contribution >= 4 is 22.2 Å². The van der Waals surface area contributed by atoms with Crippen molar-refractivity contribution in [2.75, 3.05) is 6.79 Å². The van der Waals surface area contributed by atoms with Gasteiger partial charge in [0.1, 0.15) is 12.0 Å². The summed E-state index contributed by atoms with van der Waals surface area (Å²) in [6, 6.07) is 3.89. The van der Waals surface area contributed by atoms with Gasteiger partial charge in [-0.15, -0.1) is 0 Å². The summed E-state index contributed by atoms with van der Waals surface area (Å²) in [5, 5.41) is 0. The highest BCUT2D eigenvalue weighted by Crippen LogP contribution is 2.37. The lowest BCUT2D eigenvalue weighted by molar-refractivity contribution is -0.108. The first-order valence-corrected chi connectivity index (χ1v) is 5.98. The highest BCUT2D eigenvalue weighted by atomic mass is 79.9. The minimum Gasteiger partial charge on any atom is -0.467 e. The van der Waals surface area contributed by atoms with Crippen molar-refractivity contribution in [2.24, 2.45) is 0 Å². The van der Waals surface area contributed by atoms with E-state index in [4.69, 9.17) is 9.47 Å². The van der Waals surface area contributed by atoms with E-state index in [2.05, 4.69) is 15.9 Å². The molecule has 1 unspecified atom stereocenters. The predicted octanol–water partition coefficient (Wildman–Crippen LogP) is 3.01. The van der Waals surface area contributed by atoms with E-state index in [0.717, 1.165) is 27.6 Å². The summed E-state index contributed by atoms with van der Waals surface area (Å²) in [5.41, 5.74) is 2.17. The molecule has 0 radical (unpaired) electrons. The zero-order valence-corrected chi connectivity index (χ0v) is 10.6. The standard InChI is InChI=1S/C12H13BrO3/c1-8(4-5-14)12-9-6-15-7-16-11(9)3-2-10(12)13/h2-3,5,8H,4,6-7H2,1H3. The minimum atomic E-state index is 0.173. The molecule has 4 heteroatoms. The molecule has 0 N–H and O–H groups in total. The third-order valence-corrected chi connectivity index (χ3v) is 3.44. The Morgan fingerprint density at radius 3 is 3.12 bits per heavy atom. The zero-order chi connectivity index (χ0) is 11.5. The minimum absolute atomic E-state index is 0.173. The number of rotatable bonds is 3. The molecule has 86 valence electrons.